The molecule has 5 rings (SSSR count). The van der Waals surface area contributed by atoms with Gasteiger partial charge in [-0.2, -0.15) is 0 Å². The average molecular weight is 517 g/mol. The van der Waals surface area contributed by atoms with Crippen molar-refractivity contribution in [1.29, 1.82) is 0 Å². The summed E-state index contributed by atoms with van der Waals surface area (Å²) in [6.07, 6.45) is -0.484. The Balaban J connectivity index is 1.32. The van der Waals surface area contributed by atoms with Gasteiger partial charge >= 0.3 is 5.97 Å². The monoisotopic (exact) mass is 516 g/mol. The van der Waals surface area contributed by atoms with E-state index in [-0.39, 0.29) is 30.2 Å². The van der Waals surface area contributed by atoms with Gasteiger partial charge in [0.05, 0.1) is 6.42 Å². The van der Waals surface area contributed by atoms with Crippen molar-refractivity contribution in [3.8, 4) is 0 Å². The third-order valence-corrected chi connectivity index (χ3v) is 8.21. The Bertz CT molecular complexity index is 1200. The summed E-state index contributed by atoms with van der Waals surface area (Å²) >= 11 is 1.46. The molecule has 190 valence electrons. The number of nitrogens with zero attached hydrogens (tertiary/aromatic N) is 1. The van der Waals surface area contributed by atoms with Gasteiger partial charge in [0.15, 0.2) is 6.10 Å². The molecule has 2 aliphatic heterocycles. The lowest BCUT2D eigenvalue weighted by Gasteiger charge is -2.54. The molecule has 2 heterocycles. The minimum Gasteiger partial charge on any atom is -0.451 e. The largest absolute Gasteiger partial charge is 0.451 e. The first-order chi connectivity index (χ1) is 18.1. The third kappa shape index (κ3) is 5.26. The van der Waals surface area contributed by atoms with Crippen molar-refractivity contribution in [2.24, 2.45) is 5.92 Å². The molecule has 0 spiro atoms. The van der Waals surface area contributed by atoms with Crippen LogP contribution in [0, 0.1) is 5.92 Å². The van der Waals surface area contributed by atoms with E-state index < -0.39 is 30.1 Å². The summed E-state index contributed by atoms with van der Waals surface area (Å²) in [7, 11) is 0. The summed E-state index contributed by atoms with van der Waals surface area (Å²) < 4.78 is 6.05. The van der Waals surface area contributed by atoms with Crippen LogP contribution in [-0.2, 0) is 25.5 Å². The molecule has 3 aromatic rings. The highest BCUT2D eigenvalue weighted by molar-refractivity contribution is 8.00. The highest BCUT2D eigenvalue weighted by atomic mass is 32.2. The van der Waals surface area contributed by atoms with E-state index in [1.165, 1.54) is 16.7 Å². The van der Waals surface area contributed by atoms with E-state index in [0.29, 0.717) is 5.75 Å². The number of carbonyl (C=O) groups excluding carboxylic acids is 3. The summed E-state index contributed by atoms with van der Waals surface area (Å²) in [6.45, 7) is -0.254. The van der Waals surface area contributed by atoms with Crippen LogP contribution >= 0.6 is 11.8 Å². The minimum atomic E-state index is -0.930. The molecule has 2 N–H and O–H groups in total. The van der Waals surface area contributed by atoms with Gasteiger partial charge in [-0.1, -0.05) is 91.0 Å². The number of hydrogen-bond donors (Lipinski definition) is 2. The molecule has 7 nitrogen and oxygen atoms in total. The van der Waals surface area contributed by atoms with E-state index >= 15 is 0 Å². The van der Waals surface area contributed by atoms with E-state index in [4.69, 9.17) is 4.74 Å². The molecular weight excluding hydrogens is 488 g/mol. The highest BCUT2D eigenvalue weighted by Gasteiger charge is 2.58. The highest BCUT2D eigenvalue weighted by Crippen LogP contribution is 2.41. The Morgan fingerprint density at radius 2 is 1.51 bits per heavy atom. The maximum atomic E-state index is 13.6. The zero-order valence-corrected chi connectivity index (χ0v) is 20.9. The zero-order chi connectivity index (χ0) is 25.8. The predicted molar refractivity (Wildman–Crippen MR) is 140 cm³/mol. The molecule has 0 bridgehead atoms. The molecule has 2 aliphatic rings. The SMILES string of the molecule is O=C(Cc1ccccc1)NC1C(=O)N2C(C(=O)OC(c3ccccc3)c3ccccc3)C(CO)CS[C@H]12. The van der Waals surface area contributed by atoms with Gasteiger partial charge in [-0.05, 0) is 16.7 Å². The first-order valence-corrected chi connectivity index (χ1v) is 13.3. The molecule has 0 radical (unpaired) electrons. The number of aliphatic hydroxyl groups is 1. The molecule has 2 fully saturated rings. The van der Waals surface area contributed by atoms with Gasteiger partial charge in [0.2, 0.25) is 11.8 Å². The van der Waals surface area contributed by atoms with Gasteiger partial charge in [0.25, 0.3) is 0 Å². The number of benzene rings is 3. The van der Waals surface area contributed by atoms with Gasteiger partial charge in [-0.25, -0.2) is 4.79 Å². The van der Waals surface area contributed by atoms with Crippen LogP contribution in [-0.4, -0.2) is 57.6 Å². The molecule has 3 unspecified atom stereocenters. The van der Waals surface area contributed by atoms with Crippen molar-refractivity contribution in [1.82, 2.24) is 10.2 Å². The second kappa shape index (κ2) is 11.2. The van der Waals surface area contributed by atoms with Crippen LogP contribution in [0.4, 0.5) is 0 Å². The normalized spacial score (nSPS) is 22.6. The number of ether oxygens (including phenoxy) is 1. The summed E-state index contributed by atoms with van der Waals surface area (Å²) in [6, 6.07) is 26.5. The second-order valence-electron chi connectivity index (χ2n) is 9.20. The number of aliphatic hydroxyl groups excluding tert-OH is 1. The predicted octanol–water partition coefficient (Wildman–Crippen LogP) is 2.94. The lowest BCUT2D eigenvalue weighted by Crippen LogP contribution is -2.76. The van der Waals surface area contributed by atoms with Crippen molar-refractivity contribution in [2.45, 2.75) is 30.0 Å². The number of nitrogens with one attached hydrogen (secondary N) is 1. The van der Waals surface area contributed by atoms with E-state index in [1.54, 1.807) is 0 Å². The van der Waals surface area contributed by atoms with Crippen molar-refractivity contribution in [3.05, 3.63) is 108 Å². The fraction of sp³-hybridized carbons (Fsp3) is 0.276. The smallest absolute Gasteiger partial charge is 0.330 e. The number of amides is 2. The number of carbonyl (C=O) groups is 3. The van der Waals surface area contributed by atoms with Crippen molar-refractivity contribution >= 4 is 29.5 Å². The molecule has 2 saturated heterocycles. The number of fused-ring (bicyclic) bond motifs is 1. The molecule has 4 atom stereocenters. The molecule has 2 amide bonds. The standard InChI is InChI=1S/C29H28N2O5S/c32-17-22-18-37-28-24(30-23(33)16-19-10-4-1-5-11-19)27(34)31(28)25(22)29(35)36-26(20-12-6-2-7-13-20)21-14-8-3-9-15-21/h1-15,22,24-26,28,32H,16-18H2,(H,30,33)/t22?,24?,25?,28-/m1/s1. The van der Waals surface area contributed by atoms with E-state index in [9.17, 15) is 19.5 Å². The fourth-order valence-corrected chi connectivity index (χ4v) is 6.37. The molecule has 8 heteroatoms. The summed E-state index contributed by atoms with van der Waals surface area (Å²) in [5.41, 5.74) is 2.48. The average Bonchev–Trinajstić information content (AvgIpc) is 2.95. The number of esters is 1. The van der Waals surface area contributed by atoms with Crippen LogP contribution in [0.15, 0.2) is 91.0 Å². The fourth-order valence-electron chi connectivity index (χ4n) is 4.87. The van der Waals surface area contributed by atoms with Gasteiger partial charge in [-0.15, -0.1) is 11.8 Å². The van der Waals surface area contributed by atoms with Crippen molar-refractivity contribution < 1.29 is 24.2 Å². The van der Waals surface area contributed by atoms with Crippen LogP contribution in [0.25, 0.3) is 0 Å². The Labute approximate surface area is 219 Å². The Kier molecular flexibility index (Phi) is 7.58. The van der Waals surface area contributed by atoms with Crippen LogP contribution in [0.1, 0.15) is 22.8 Å². The lowest BCUT2D eigenvalue weighted by atomic mass is 9.93. The maximum absolute atomic E-state index is 13.6. The van der Waals surface area contributed by atoms with Crippen LogP contribution < -0.4 is 5.32 Å². The number of hydrogen-bond acceptors (Lipinski definition) is 6. The molecular formula is C29H28N2O5S. The topological polar surface area (TPSA) is 95.9 Å². The van der Waals surface area contributed by atoms with Crippen LogP contribution in [0.5, 0.6) is 0 Å². The van der Waals surface area contributed by atoms with Crippen molar-refractivity contribution in [2.75, 3.05) is 12.4 Å². The van der Waals surface area contributed by atoms with Crippen LogP contribution in [0.2, 0.25) is 0 Å². The zero-order valence-electron chi connectivity index (χ0n) is 20.1. The molecule has 3 aromatic carbocycles. The summed E-state index contributed by atoms with van der Waals surface area (Å²) in [5, 5.41) is 12.5. The van der Waals surface area contributed by atoms with Gasteiger partial charge < -0.3 is 20.1 Å². The minimum absolute atomic E-state index is 0.169. The van der Waals surface area contributed by atoms with Gasteiger partial charge in [-0.3, -0.25) is 9.59 Å². The lowest BCUT2D eigenvalue weighted by molar-refractivity contribution is -0.171. The molecule has 0 aliphatic carbocycles. The van der Waals surface area contributed by atoms with Gasteiger partial charge in [0.1, 0.15) is 17.5 Å². The van der Waals surface area contributed by atoms with E-state index in [0.717, 1.165) is 16.7 Å². The summed E-state index contributed by atoms with van der Waals surface area (Å²) in [4.78, 5) is 40.9. The second-order valence-corrected chi connectivity index (χ2v) is 10.4. The van der Waals surface area contributed by atoms with Gasteiger partial charge in [0, 0.05) is 18.3 Å². The van der Waals surface area contributed by atoms with E-state index in [2.05, 4.69) is 5.32 Å². The summed E-state index contributed by atoms with van der Waals surface area (Å²) in [5.74, 6) is -1.15. The number of thioether (sulfide) groups is 1. The van der Waals surface area contributed by atoms with Crippen molar-refractivity contribution in [3.63, 3.8) is 0 Å². The quantitative estimate of drug-likeness (QED) is 0.353. The Morgan fingerprint density at radius 1 is 0.946 bits per heavy atom. The molecule has 37 heavy (non-hydrogen) atoms. The first kappa shape index (κ1) is 25.0. The first-order valence-electron chi connectivity index (χ1n) is 12.2. The van der Waals surface area contributed by atoms with Crippen LogP contribution in [0.3, 0.4) is 0 Å². The molecule has 0 aromatic heterocycles. The van der Waals surface area contributed by atoms with E-state index in [1.807, 2.05) is 91.0 Å². The molecule has 0 saturated carbocycles. The Hall–Kier alpha value is -3.62. The number of rotatable bonds is 8. The maximum Gasteiger partial charge on any atom is 0.330 e. The third-order valence-electron chi connectivity index (χ3n) is 6.75. The Morgan fingerprint density at radius 3 is 2.08 bits per heavy atom. The number of β-lactam (4-membered cyclic amide) rings is 1.